The van der Waals surface area contributed by atoms with Crippen molar-refractivity contribution in [2.75, 3.05) is 13.3 Å². The molecule has 0 bridgehead atoms. The van der Waals surface area contributed by atoms with E-state index in [0.29, 0.717) is 0 Å². The Morgan fingerprint density at radius 1 is 1.00 bits per heavy atom. The summed E-state index contributed by atoms with van der Waals surface area (Å²) in [6.07, 6.45) is -11.0. The molecule has 0 aliphatic carbocycles. The monoisotopic (exact) mass is 182 g/mol. The average Bonchev–Trinajstić information content (AvgIpc) is 1.81. The molecule has 0 aromatic heterocycles. The zero-order valence-electron chi connectivity index (χ0n) is 5.09. The fraction of sp³-hybridized carbons (Fsp3) is 1.00. The quantitative estimate of drug-likeness (QED) is 0.607. The minimum atomic E-state index is -5.78. The molecule has 0 aromatic carbocycles. The highest BCUT2D eigenvalue weighted by Gasteiger charge is 2.59. The first kappa shape index (κ1) is 10.5. The van der Waals surface area contributed by atoms with Crippen LogP contribution in [0.2, 0.25) is 0 Å². The summed E-state index contributed by atoms with van der Waals surface area (Å²) in [5.74, 6) is 0. The van der Waals surface area contributed by atoms with Gasteiger partial charge in [0.2, 0.25) is 0 Å². The second-order valence-electron chi connectivity index (χ2n) is 1.55. The van der Waals surface area contributed by atoms with Crippen LogP contribution in [0.1, 0.15) is 0 Å². The molecular formula is C4H4F6O. The van der Waals surface area contributed by atoms with Crippen molar-refractivity contribution in [1.82, 2.24) is 0 Å². The summed E-state index contributed by atoms with van der Waals surface area (Å²) in [7, 11) is 0. The lowest BCUT2D eigenvalue weighted by atomic mass is 10.6. The van der Waals surface area contributed by atoms with Gasteiger partial charge in [-0.05, 0) is 0 Å². The van der Waals surface area contributed by atoms with Crippen molar-refractivity contribution in [2.45, 2.75) is 12.3 Å². The third-order valence-corrected chi connectivity index (χ3v) is 0.691. The molecule has 7 heteroatoms. The first-order valence-corrected chi connectivity index (χ1v) is 2.45. The van der Waals surface area contributed by atoms with Gasteiger partial charge in [0.05, 0.1) is 6.61 Å². The van der Waals surface area contributed by atoms with E-state index in [2.05, 4.69) is 4.74 Å². The fourth-order valence-electron chi connectivity index (χ4n) is 0.249. The third-order valence-electron chi connectivity index (χ3n) is 0.691. The summed E-state index contributed by atoms with van der Waals surface area (Å²) in [5, 5.41) is 0. The second-order valence-corrected chi connectivity index (χ2v) is 1.55. The van der Waals surface area contributed by atoms with Gasteiger partial charge in [-0.2, -0.15) is 22.0 Å². The van der Waals surface area contributed by atoms with Crippen LogP contribution < -0.4 is 0 Å². The topological polar surface area (TPSA) is 9.23 Å². The van der Waals surface area contributed by atoms with Crippen molar-refractivity contribution < 1.29 is 31.1 Å². The molecule has 0 saturated heterocycles. The summed E-state index contributed by atoms with van der Waals surface area (Å²) in [6.45, 7) is -2.65. The van der Waals surface area contributed by atoms with Crippen LogP contribution in [0.3, 0.4) is 0 Å². The van der Waals surface area contributed by atoms with Gasteiger partial charge in [-0.3, -0.25) is 0 Å². The molecule has 0 radical (unpaired) electrons. The van der Waals surface area contributed by atoms with Gasteiger partial charge in [-0.25, -0.2) is 4.39 Å². The predicted octanol–water partition coefficient (Wildman–Crippen LogP) is 2.13. The summed E-state index contributed by atoms with van der Waals surface area (Å²) in [6, 6.07) is 0. The Labute approximate surface area is 57.9 Å². The first-order valence-electron chi connectivity index (χ1n) is 2.45. The Morgan fingerprint density at radius 3 is 1.73 bits per heavy atom. The van der Waals surface area contributed by atoms with E-state index in [1.807, 2.05) is 0 Å². The van der Waals surface area contributed by atoms with Crippen LogP contribution >= 0.6 is 0 Å². The molecule has 0 amide bonds. The van der Waals surface area contributed by atoms with Gasteiger partial charge in [0.15, 0.2) is 0 Å². The van der Waals surface area contributed by atoms with E-state index in [1.165, 1.54) is 0 Å². The maximum Gasteiger partial charge on any atom is 0.482 e. The van der Waals surface area contributed by atoms with Gasteiger partial charge in [-0.15, -0.1) is 0 Å². The summed E-state index contributed by atoms with van der Waals surface area (Å²) < 4.78 is 70.7. The van der Waals surface area contributed by atoms with Crippen molar-refractivity contribution in [3.05, 3.63) is 0 Å². The minimum absolute atomic E-state index is 1.27. The number of alkyl halides is 6. The fourth-order valence-corrected chi connectivity index (χ4v) is 0.249. The van der Waals surface area contributed by atoms with Crippen molar-refractivity contribution in [1.29, 1.82) is 0 Å². The summed E-state index contributed by atoms with van der Waals surface area (Å²) in [4.78, 5) is 0. The van der Waals surface area contributed by atoms with Crippen LogP contribution in [0.15, 0.2) is 0 Å². The highest BCUT2D eigenvalue weighted by molar-refractivity contribution is 4.63. The molecule has 0 saturated carbocycles. The van der Waals surface area contributed by atoms with Gasteiger partial charge < -0.3 is 4.74 Å². The maximum absolute atomic E-state index is 11.6. The molecule has 0 rings (SSSR count). The molecule has 0 spiro atoms. The van der Waals surface area contributed by atoms with Gasteiger partial charge in [0.1, 0.15) is 6.67 Å². The first-order chi connectivity index (χ1) is 4.81. The minimum Gasteiger partial charge on any atom is -0.310 e. The zero-order chi connectivity index (χ0) is 9.12. The molecular weight excluding hydrogens is 178 g/mol. The Bertz CT molecular complexity index is 118. The van der Waals surface area contributed by atoms with Crippen LogP contribution in [0, 0.1) is 0 Å². The van der Waals surface area contributed by atoms with Crippen LogP contribution in [0.4, 0.5) is 26.3 Å². The van der Waals surface area contributed by atoms with Crippen molar-refractivity contribution in [2.24, 2.45) is 0 Å². The lowest BCUT2D eigenvalue weighted by Crippen LogP contribution is -2.39. The standard InChI is InChI=1S/C4H4F6O/c5-1-2-11-4(9,10)3(6,7)8/h1-2H2. The normalized spacial score (nSPS) is 13.6. The van der Waals surface area contributed by atoms with Gasteiger partial charge in [0, 0.05) is 0 Å². The molecule has 0 aliphatic heterocycles. The molecule has 1 nitrogen and oxygen atoms in total. The maximum atomic E-state index is 11.6. The lowest BCUT2D eigenvalue weighted by molar-refractivity contribution is -0.391. The van der Waals surface area contributed by atoms with Crippen molar-refractivity contribution in [3.8, 4) is 0 Å². The summed E-state index contributed by atoms with van der Waals surface area (Å²) >= 11 is 0. The zero-order valence-corrected chi connectivity index (χ0v) is 5.09. The number of hydrogen-bond acceptors (Lipinski definition) is 1. The van der Waals surface area contributed by atoms with E-state index in [0.717, 1.165) is 0 Å². The number of hydrogen-bond donors (Lipinski definition) is 0. The second kappa shape index (κ2) is 3.29. The largest absolute Gasteiger partial charge is 0.482 e. The molecule has 0 unspecified atom stereocenters. The van der Waals surface area contributed by atoms with Gasteiger partial charge >= 0.3 is 12.3 Å². The molecule has 0 N–H and O–H groups in total. The highest BCUT2D eigenvalue weighted by atomic mass is 19.4. The highest BCUT2D eigenvalue weighted by Crippen LogP contribution is 2.35. The molecule has 0 aromatic rings. The number of ether oxygens (including phenoxy) is 1. The molecule has 68 valence electrons. The van der Waals surface area contributed by atoms with Crippen LogP contribution in [0.5, 0.6) is 0 Å². The number of rotatable bonds is 3. The SMILES string of the molecule is FCCOC(F)(F)C(F)(F)F. The van der Waals surface area contributed by atoms with E-state index in [9.17, 15) is 26.3 Å². The van der Waals surface area contributed by atoms with E-state index < -0.39 is 25.6 Å². The Morgan fingerprint density at radius 2 is 1.45 bits per heavy atom. The average molecular weight is 182 g/mol. The van der Waals surface area contributed by atoms with Crippen LogP contribution in [-0.4, -0.2) is 25.6 Å². The number of halogens is 6. The summed E-state index contributed by atoms with van der Waals surface area (Å²) in [5.41, 5.74) is 0. The molecule has 11 heavy (non-hydrogen) atoms. The smallest absolute Gasteiger partial charge is 0.310 e. The van der Waals surface area contributed by atoms with Crippen LogP contribution in [0.25, 0.3) is 0 Å². The van der Waals surface area contributed by atoms with E-state index in [1.54, 1.807) is 0 Å². The van der Waals surface area contributed by atoms with Crippen molar-refractivity contribution >= 4 is 0 Å². The third kappa shape index (κ3) is 2.96. The Kier molecular flexibility index (Phi) is 3.15. The van der Waals surface area contributed by atoms with Crippen LogP contribution in [-0.2, 0) is 4.74 Å². The Balaban J connectivity index is 4.00. The van der Waals surface area contributed by atoms with Crippen molar-refractivity contribution in [3.63, 3.8) is 0 Å². The van der Waals surface area contributed by atoms with E-state index in [4.69, 9.17) is 0 Å². The predicted molar refractivity (Wildman–Crippen MR) is 22.9 cm³/mol. The Hall–Kier alpha value is -0.460. The van der Waals surface area contributed by atoms with E-state index in [-0.39, 0.29) is 0 Å². The molecule has 0 atom stereocenters. The molecule has 0 fully saturated rings. The van der Waals surface area contributed by atoms with Gasteiger partial charge in [0.25, 0.3) is 0 Å². The van der Waals surface area contributed by atoms with Gasteiger partial charge in [-0.1, -0.05) is 0 Å². The molecule has 0 aliphatic rings. The van der Waals surface area contributed by atoms with E-state index >= 15 is 0 Å². The lowest BCUT2D eigenvalue weighted by Gasteiger charge is -2.18. The molecule has 0 heterocycles.